The highest BCUT2D eigenvalue weighted by Crippen LogP contribution is 2.32. The van der Waals surface area contributed by atoms with Gasteiger partial charge in [0.15, 0.2) is 0 Å². The fourth-order valence-corrected chi connectivity index (χ4v) is 3.23. The Bertz CT molecular complexity index is 715. The lowest BCUT2D eigenvalue weighted by atomic mass is 9.96. The predicted molar refractivity (Wildman–Crippen MR) is 105 cm³/mol. The van der Waals surface area contributed by atoms with Gasteiger partial charge in [0, 0.05) is 16.3 Å². The summed E-state index contributed by atoms with van der Waals surface area (Å²) in [7, 11) is 0. The summed E-state index contributed by atoms with van der Waals surface area (Å²) in [6.45, 7) is 10.0. The van der Waals surface area contributed by atoms with Gasteiger partial charge in [-0.05, 0) is 37.0 Å². The first-order chi connectivity index (χ1) is 12.3. The van der Waals surface area contributed by atoms with Crippen molar-refractivity contribution in [3.8, 4) is 0 Å². The van der Waals surface area contributed by atoms with E-state index in [0.29, 0.717) is 10.7 Å². The van der Waals surface area contributed by atoms with Crippen LogP contribution in [0, 0.1) is 11.8 Å². The Balaban J connectivity index is 2.62. The average Bonchev–Trinajstić information content (AvgIpc) is 2.70. The highest BCUT2D eigenvalue weighted by Gasteiger charge is 2.36. The van der Waals surface area contributed by atoms with Gasteiger partial charge in [-0.1, -0.05) is 45.7 Å². The third kappa shape index (κ3) is 4.26. The number of aliphatic imine (C=N–C) groups is 1. The molecule has 0 radical (unpaired) electrons. The molecule has 26 heavy (non-hydrogen) atoms. The molecule has 142 valence electrons. The molecule has 0 aromatic heterocycles. The lowest BCUT2D eigenvalue weighted by Gasteiger charge is -2.26. The zero-order valence-corrected chi connectivity index (χ0v) is 16.8. The summed E-state index contributed by atoms with van der Waals surface area (Å²) in [6.07, 6.45) is 0.815. The lowest BCUT2D eigenvalue weighted by Crippen LogP contribution is -2.43. The number of hydrogen-bond donors (Lipinski definition) is 0. The Kier molecular flexibility index (Phi) is 6.81. The number of esters is 1. The number of hydrogen-bond acceptors (Lipinski definition) is 4. The fourth-order valence-electron chi connectivity index (χ4n) is 3.05. The molecule has 0 spiro atoms. The molecule has 2 atom stereocenters. The quantitative estimate of drug-likeness (QED) is 0.700. The van der Waals surface area contributed by atoms with Crippen molar-refractivity contribution in [2.45, 2.75) is 47.1 Å². The van der Waals surface area contributed by atoms with Crippen molar-refractivity contribution >= 4 is 34.9 Å². The number of benzodiazepines with no additional fused rings is 1. The number of carbonyl (C=O) groups is 2. The average molecular weight is 379 g/mol. The minimum absolute atomic E-state index is 0.0609. The van der Waals surface area contributed by atoms with Crippen LogP contribution in [0.15, 0.2) is 23.2 Å². The van der Waals surface area contributed by atoms with Crippen LogP contribution >= 0.6 is 11.6 Å². The largest absolute Gasteiger partial charge is 0.465 e. The van der Waals surface area contributed by atoms with Crippen molar-refractivity contribution in [2.24, 2.45) is 16.8 Å². The van der Waals surface area contributed by atoms with Crippen LogP contribution in [-0.2, 0) is 14.3 Å². The second-order valence-corrected chi connectivity index (χ2v) is 7.33. The van der Waals surface area contributed by atoms with Gasteiger partial charge >= 0.3 is 5.97 Å². The minimum atomic E-state index is -0.530. The number of rotatable bonds is 6. The standard InChI is InChI=1S/C20H27ClN2O3/c1-6-13(5)19-20(25)23(11-17(24)26-7-2)16-9-8-14(21)10-15(16)18(22-19)12(3)4/h8-10,12-13,19H,6-7,11H2,1-5H3/t13-,19?/m0/s1. The molecule has 1 aromatic rings. The van der Waals surface area contributed by atoms with Crippen LogP contribution in [-0.4, -0.2) is 36.8 Å². The number of ether oxygens (including phenoxy) is 1. The van der Waals surface area contributed by atoms with E-state index < -0.39 is 12.0 Å². The molecule has 6 heteroatoms. The molecule has 1 aliphatic heterocycles. The van der Waals surface area contributed by atoms with Crippen molar-refractivity contribution in [1.29, 1.82) is 0 Å². The van der Waals surface area contributed by atoms with E-state index in [1.54, 1.807) is 19.1 Å². The molecule has 0 N–H and O–H groups in total. The van der Waals surface area contributed by atoms with Crippen LogP contribution < -0.4 is 4.90 Å². The predicted octanol–water partition coefficient (Wildman–Crippen LogP) is 4.11. The highest BCUT2D eigenvalue weighted by molar-refractivity contribution is 6.31. The lowest BCUT2D eigenvalue weighted by molar-refractivity contribution is -0.142. The summed E-state index contributed by atoms with van der Waals surface area (Å²) >= 11 is 6.22. The van der Waals surface area contributed by atoms with E-state index in [9.17, 15) is 9.59 Å². The van der Waals surface area contributed by atoms with Gasteiger partial charge in [0.25, 0.3) is 5.91 Å². The second-order valence-electron chi connectivity index (χ2n) is 6.89. The Hall–Kier alpha value is -1.88. The summed E-state index contributed by atoms with van der Waals surface area (Å²) in [6, 6.07) is 4.80. The Morgan fingerprint density at radius 1 is 1.31 bits per heavy atom. The van der Waals surface area contributed by atoms with Crippen molar-refractivity contribution in [2.75, 3.05) is 18.1 Å². The molecule has 1 amide bonds. The van der Waals surface area contributed by atoms with Gasteiger partial charge < -0.3 is 4.74 Å². The van der Waals surface area contributed by atoms with E-state index in [-0.39, 0.29) is 30.9 Å². The van der Waals surface area contributed by atoms with Crippen LogP contribution in [0.3, 0.4) is 0 Å². The zero-order valence-electron chi connectivity index (χ0n) is 16.1. The monoisotopic (exact) mass is 378 g/mol. The van der Waals surface area contributed by atoms with Crippen LogP contribution in [0.5, 0.6) is 0 Å². The first kappa shape index (κ1) is 20.4. The molecular weight excluding hydrogens is 352 g/mol. The number of amides is 1. The molecule has 0 saturated carbocycles. The maximum absolute atomic E-state index is 13.3. The number of nitrogens with zero attached hydrogens (tertiary/aromatic N) is 2. The number of carbonyl (C=O) groups excluding carboxylic acids is 2. The van der Waals surface area contributed by atoms with Crippen LogP contribution in [0.4, 0.5) is 5.69 Å². The van der Waals surface area contributed by atoms with Gasteiger partial charge in [-0.2, -0.15) is 0 Å². The molecule has 0 fully saturated rings. The van der Waals surface area contributed by atoms with Gasteiger partial charge in [0.05, 0.1) is 12.3 Å². The van der Waals surface area contributed by atoms with Gasteiger partial charge in [0.2, 0.25) is 0 Å². The molecule has 1 unspecified atom stereocenters. The highest BCUT2D eigenvalue weighted by atomic mass is 35.5. The van der Waals surface area contributed by atoms with Crippen LogP contribution in [0.1, 0.15) is 46.6 Å². The Morgan fingerprint density at radius 2 is 2.00 bits per heavy atom. The number of anilines is 1. The maximum Gasteiger partial charge on any atom is 0.326 e. The number of fused-ring (bicyclic) bond motifs is 1. The van der Waals surface area contributed by atoms with Gasteiger partial charge in [0.1, 0.15) is 12.6 Å². The summed E-state index contributed by atoms with van der Waals surface area (Å²) in [5.41, 5.74) is 2.30. The molecule has 1 aromatic carbocycles. The Morgan fingerprint density at radius 3 is 2.58 bits per heavy atom. The number of halogens is 1. The van der Waals surface area contributed by atoms with Crippen molar-refractivity contribution in [1.82, 2.24) is 0 Å². The van der Waals surface area contributed by atoms with Crippen molar-refractivity contribution < 1.29 is 14.3 Å². The van der Waals surface area contributed by atoms with E-state index in [2.05, 4.69) is 0 Å². The minimum Gasteiger partial charge on any atom is -0.465 e. The molecule has 0 saturated heterocycles. The van der Waals surface area contributed by atoms with E-state index in [0.717, 1.165) is 17.7 Å². The first-order valence-electron chi connectivity index (χ1n) is 9.14. The maximum atomic E-state index is 13.3. The SMILES string of the molecule is CCOC(=O)CN1C(=O)C([C@@H](C)CC)N=C(C(C)C)c2cc(Cl)ccc21. The molecule has 1 heterocycles. The van der Waals surface area contributed by atoms with E-state index in [1.165, 1.54) is 4.90 Å². The van der Waals surface area contributed by atoms with Crippen molar-refractivity contribution in [3.05, 3.63) is 28.8 Å². The number of benzene rings is 1. The Labute approximate surface area is 160 Å². The normalized spacial score (nSPS) is 18.3. The molecule has 1 aliphatic rings. The van der Waals surface area contributed by atoms with Crippen LogP contribution in [0.2, 0.25) is 5.02 Å². The molecule has 0 bridgehead atoms. The molecule has 5 nitrogen and oxygen atoms in total. The third-order valence-electron chi connectivity index (χ3n) is 4.64. The van der Waals surface area contributed by atoms with Crippen molar-refractivity contribution in [3.63, 3.8) is 0 Å². The third-order valence-corrected chi connectivity index (χ3v) is 4.88. The first-order valence-corrected chi connectivity index (χ1v) is 9.52. The summed E-state index contributed by atoms with van der Waals surface area (Å²) in [4.78, 5) is 31.7. The summed E-state index contributed by atoms with van der Waals surface area (Å²) in [5.74, 6) is -0.427. The zero-order chi connectivity index (χ0) is 19.4. The smallest absolute Gasteiger partial charge is 0.326 e. The molecular formula is C20H27ClN2O3. The van der Waals surface area contributed by atoms with Crippen LogP contribution in [0.25, 0.3) is 0 Å². The molecule has 0 aliphatic carbocycles. The molecule has 2 rings (SSSR count). The van der Waals surface area contributed by atoms with Gasteiger partial charge in [-0.3, -0.25) is 19.5 Å². The van der Waals surface area contributed by atoms with Gasteiger partial charge in [-0.15, -0.1) is 0 Å². The van der Waals surface area contributed by atoms with E-state index >= 15 is 0 Å². The van der Waals surface area contributed by atoms with E-state index in [4.69, 9.17) is 21.3 Å². The second kappa shape index (κ2) is 8.67. The fraction of sp³-hybridized carbons (Fsp3) is 0.550. The topological polar surface area (TPSA) is 59.0 Å². The van der Waals surface area contributed by atoms with Gasteiger partial charge in [-0.25, -0.2) is 0 Å². The van der Waals surface area contributed by atoms with E-state index in [1.807, 2.05) is 33.8 Å². The summed E-state index contributed by atoms with van der Waals surface area (Å²) < 4.78 is 5.07. The summed E-state index contributed by atoms with van der Waals surface area (Å²) in [5, 5.41) is 0.572.